The van der Waals surface area contributed by atoms with Gasteiger partial charge in [-0.3, -0.25) is 9.59 Å². The van der Waals surface area contributed by atoms with E-state index in [-0.39, 0.29) is 23.8 Å². The van der Waals surface area contributed by atoms with E-state index >= 15 is 0 Å². The number of hydrogen-bond donors (Lipinski definition) is 0. The van der Waals surface area contributed by atoms with Gasteiger partial charge in [0, 0.05) is 0 Å². The Hall–Kier alpha value is -1.06. The van der Waals surface area contributed by atoms with Crippen LogP contribution in [0.2, 0.25) is 0 Å². The number of rotatable bonds is 12. The van der Waals surface area contributed by atoms with Gasteiger partial charge in [-0.2, -0.15) is 0 Å². The first-order valence-electron chi connectivity index (χ1n) is 18.4. The maximum atomic E-state index is 13.6. The summed E-state index contributed by atoms with van der Waals surface area (Å²) in [4.78, 5) is 27.1. The van der Waals surface area contributed by atoms with E-state index in [2.05, 4.69) is 62.3 Å². The molecule has 0 aromatic carbocycles. The first kappa shape index (κ1) is 36.4. The summed E-state index contributed by atoms with van der Waals surface area (Å²) in [5.74, 6) is 3.15. The summed E-state index contributed by atoms with van der Waals surface area (Å²) in [7, 11) is 0. The Balaban J connectivity index is 1.54. The van der Waals surface area contributed by atoms with Crippen LogP contribution in [0.25, 0.3) is 0 Å². The molecule has 43 heavy (non-hydrogen) atoms. The minimum Gasteiger partial charge on any atom is -0.465 e. The van der Waals surface area contributed by atoms with Gasteiger partial charge in [0.15, 0.2) is 0 Å². The second-order valence-corrected chi connectivity index (χ2v) is 18.2. The molecule has 0 N–H and O–H groups in total. The van der Waals surface area contributed by atoms with Gasteiger partial charge < -0.3 is 9.47 Å². The predicted molar refractivity (Wildman–Crippen MR) is 179 cm³/mol. The van der Waals surface area contributed by atoms with Gasteiger partial charge in [-0.15, -0.1) is 0 Å². The predicted octanol–water partition coefficient (Wildman–Crippen LogP) is 10.7. The van der Waals surface area contributed by atoms with Crippen molar-refractivity contribution < 1.29 is 19.1 Å². The summed E-state index contributed by atoms with van der Waals surface area (Å²) in [5.41, 5.74) is 0.735. The SMILES string of the molecule is CC1CCC(COC(=O)C2CCC(C)CC2C(=O)OCC2CCC(C)CC2CCCC(C)(C)C)C(CCCC(C)(C)C)C1. The maximum absolute atomic E-state index is 13.6. The second-order valence-electron chi connectivity index (χ2n) is 18.2. The standard InChI is InChI=1S/C39H70O4/c1-27-14-17-32(30(22-27)12-10-20-38(4,5)6)25-42-36(40)34-19-16-29(3)24-35(34)37(41)43-26-33-18-15-28(2)23-31(33)13-11-21-39(7,8)9/h27-35H,10-26H2,1-9H3. The highest BCUT2D eigenvalue weighted by molar-refractivity contribution is 5.82. The van der Waals surface area contributed by atoms with Crippen molar-refractivity contribution in [2.75, 3.05) is 13.2 Å². The monoisotopic (exact) mass is 603 g/mol. The molecular formula is C39H70O4. The molecule has 0 aromatic rings. The zero-order chi connectivity index (χ0) is 31.8. The molecule has 0 spiro atoms. The van der Waals surface area contributed by atoms with Crippen molar-refractivity contribution in [2.45, 2.75) is 159 Å². The van der Waals surface area contributed by atoms with Gasteiger partial charge in [0.1, 0.15) is 0 Å². The van der Waals surface area contributed by atoms with E-state index in [4.69, 9.17) is 9.47 Å². The Bertz CT molecular complexity index is 850. The third-order valence-corrected chi connectivity index (χ3v) is 11.4. The van der Waals surface area contributed by atoms with Crippen molar-refractivity contribution in [3.8, 4) is 0 Å². The Kier molecular flexibility index (Phi) is 14.0. The zero-order valence-electron chi connectivity index (χ0n) is 29.8. The molecule has 3 fully saturated rings. The quantitative estimate of drug-likeness (QED) is 0.209. The van der Waals surface area contributed by atoms with Crippen LogP contribution < -0.4 is 0 Å². The third kappa shape index (κ3) is 12.7. The van der Waals surface area contributed by atoms with Crippen molar-refractivity contribution in [2.24, 2.45) is 64.1 Å². The van der Waals surface area contributed by atoms with Crippen molar-refractivity contribution in [3.05, 3.63) is 0 Å². The number of hydrogen-bond acceptors (Lipinski definition) is 4. The summed E-state index contributed by atoms with van der Waals surface area (Å²) in [5, 5.41) is 0. The molecule has 9 unspecified atom stereocenters. The first-order chi connectivity index (χ1) is 20.1. The molecule has 3 rings (SSSR count). The van der Waals surface area contributed by atoms with Crippen LogP contribution in [-0.4, -0.2) is 25.2 Å². The summed E-state index contributed by atoms with van der Waals surface area (Å²) in [6.07, 6.45) is 17.2. The van der Waals surface area contributed by atoms with Crippen molar-refractivity contribution in [3.63, 3.8) is 0 Å². The molecule has 0 amide bonds. The van der Waals surface area contributed by atoms with Crippen molar-refractivity contribution in [1.82, 2.24) is 0 Å². The van der Waals surface area contributed by atoms with E-state index in [9.17, 15) is 9.59 Å². The van der Waals surface area contributed by atoms with Crippen LogP contribution in [0.5, 0.6) is 0 Å². The fourth-order valence-electron chi connectivity index (χ4n) is 8.57. The molecular weight excluding hydrogens is 532 g/mol. The number of carbonyl (C=O) groups excluding carboxylic acids is 2. The average molecular weight is 603 g/mol. The molecule has 0 radical (unpaired) electrons. The van der Waals surface area contributed by atoms with E-state index < -0.39 is 0 Å². The van der Waals surface area contributed by atoms with Gasteiger partial charge in [0.25, 0.3) is 0 Å². The molecule has 3 aliphatic carbocycles. The smallest absolute Gasteiger partial charge is 0.309 e. The van der Waals surface area contributed by atoms with Crippen LogP contribution in [0, 0.1) is 64.1 Å². The lowest BCUT2D eigenvalue weighted by Gasteiger charge is -2.37. The highest BCUT2D eigenvalue weighted by Crippen LogP contribution is 2.41. The maximum Gasteiger partial charge on any atom is 0.309 e. The minimum absolute atomic E-state index is 0.146. The van der Waals surface area contributed by atoms with Gasteiger partial charge in [0.05, 0.1) is 25.0 Å². The Morgan fingerprint density at radius 1 is 0.535 bits per heavy atom. The van der Waals surface area contributed by atoms with E-state index in [0.29, 0.717) is 53.6 Å². The fraction of sp³-hybridized carbons (Fsp3) is 0.949. The third-order valence-electron chi connectivity index (χ3n) is 11.4. The number of carbonyl (C=O) groups is 2. The molecule has 0 aromatic heterocycles. The van der Waals surface area contributed by atoms with E-state index in [1.807, 2.05) is 0 Å². The molecule has 3 aliphatic rings. The van der Waals surface area contributed by atoms with Crippen LogP contribution in [0.4, 0.5) is 0 Å². The average Bonchev–Trinajstić information content (AvgIpc) is 2.90. The fourth-order valence-corrected chi connectivity index (χ4v) is 8.57. The molecule has 0 saturated heterocycles. The molecule has 0 heterocycles. The first-order valence-corrected chi connectivity index (χ1v) is 18.4. The van der Waals surface area contributed by atoms with E-state index in [1.165, 1.54) is 64.2 Å². The van der Waals surface area contributed by atoms with Crippen LogP contribution >= 0.6 is 0 Å². The molecule has 4 heteroatoms. The summed E-state index contributed by atoms with van der Waals surface area (Å²) in [6.45, 7) is 21.9. The highest BCUT2D eigenvalue weighted by atomic mass is 16.5. The lowest BCUT2D eigenvalue weighted by atomic mass is 9.72. The van der Waals surface area contributed by atoms with Crippen molar-refractivity contribution >= 4 is 11.9 Å². The normalized spacial score (nSPS) is 34.0. The van der Waals surface area contributed by atoms with Gasteiger partial charge in [-0.25, -0.2) is 0 Å². The molecule has 9 atom stereocenters. The summed E-state index contributed by atoms with van der Waals surface area (Å²) < 4.78 is 12.2. The summed E-state index contributed by atoms with van der Waals surface area (Å²) >= 11 is 0. The molecule has 3 saturated carbocycles. The van der Waals surface area contributed by atoms with E-state index in [0.717, 1.165) is 43.9 Å². The second kappa shape index (κ2) is 16.5. The summed E-state index contributed by atoms with van der Waals surface area (Å²) in [6, 6.07) is 0. The van der Waals surface area contributed by atoms with Gasteiger partial charge in [-0.05, 0) is 110 Å². The molecule has 0 bridgehead atoms. The van der Waals surface area contributed by atoms with Crippen molar-refractivity contribution in [1.29, 1.82) is 0 Å². The van der Waals surface area contributed by atoms with E-state index in [1.54, 1.807) is 0 Å². The van der Waals surface area contributed by atoms with Gasteiger partial charge in [0.2, 0.25) is 0 Å². The largest absolute Gasteiger partial charge is 0.465 e. The Labute approximate surface area is 266 Å². The Morgan fingerprint density at radius 3 is 1.37 bits per heavy atom. The van der Waals surface area contributed by atoms with Crippen LogP contribution in [0.15, 0.2) is 0 Å². The van der Waals surface area contributed by atoms with Gasteiger partial charge in [-0.1, -0.05) is 101 Å². The van der Waals surface area contributed by atoms with Crippen LogP contribution in [0.3, 0.4) is 0 Å². The van der Waals surface area contributed by atoms with Gasteiger partial charge >= 0.3 is 11.9 Å². The number of ether oxygens (including phenoxy) is 2. The van der Waals surface area contributed by atoms with Crippen LogP contribution in [-0.2, 0) is 19.1 Å². The van der Waals surface area contributed by atoms with Crippen LogP contribution in [0.1, 0.15) is 159 Å². The topological polar surface area (TPSA) is 52.6 Å². The lowest BCUT2D eigenvalue weighted by molar-refractivity contribution is -0.166. The minimum atomic E-state index is -0.355. The zero-order valence-corrected chi connectivity index (χ0v) is 29.8. The molecule has 250 valence electrons. The lowest BCUT2D eigenvalue weighted by Crippen LogP contribution is -2.39. The Morgan fingerprint density at radius 2 is 0.930 bits per heavy atom. The highest BCUT2D eigenvalue weighted by Gasteiger charge is 2.41. The molecule has 0 aliphatic heterocycles. The number of esters is 2. The molecule has 4 nitrogen and oxygen atoms in total.